The van der Waals surface area contributed by atoms with Crippen LogP contribution in [-0.2, 0) is 6.42 Å². The molecule has 1 aliphatic rings. The molecule has 0 saturated heterocycles. The quantitative estimate of drug-likeness (QED) is 0.187. The summed E-state index contributed by atoms with van der Waals surface area (Å²) in [6.45, 7) is 0. The van der Waals surface area contributed by atoms with Crippen LogP contribution in [-0.4, -0.2) is 19.5 Å². The third kappa shape index (κ3) is 4.35. The Hall–Kier alpha value is -6.43. The standard InChI is InChI=1S/C46H28N4S/c1-4-12-28(13-5-1)44-47-45(29-14-6-2-7-15-29)49-46(48-44)32-21-24-38-37(27-32)41-39(50(38)33-17-8-3-9-18-33)25-23-36-35-22-20-31-26-30-16-10-11-19-34(30)40(31)42(35)51-43(36)41/h1-25,27H,26H2. The lowest BCUT2D eigenvalue weighted by Crippen LogP contribution is -2.00. The predicted molar refractivity (Wildman–Crippen MR) is 212 cm³/mol. The summed E-state index contributed by atoms with van der Waals surface area (Å²) in [5, 5.41) is 5.06. The zero-order valence-electron chi connectivity index (χ0n) is 27.4. The fourth-order valence-electron chi connectivity index (χ4n) is 7.94. The number of rotatable bonds is 4. The van der Waals surface area contributed by atoms with Crippen molar-refractivity contribution in [3.05, 3.63) is 169 Å². The van der Waals surface area contributed by atoms with Crippen molar-refractivity contribution in [2.75, 3.05) is 0 Å². The van der Waals surface area contributed by atoms with Gasteiger partial charge in [-0.15, -0.1) is 11.3 Å². The van der Waals surface area contributed by atoms with E-state index >= 15 is 0 Å². The Balaban J connectivity index is 1.21. The molecule has 10 aromatic rings. The summed E-state index contributed by atoms with van der Waals surface area (Å²) in [6.07, 6.45) is 0.990. The number of aromatic nitrogens is 4. The maximum absolute atomic E-state index is 5.08. The number of hydrogen-bond acceptors (Lipinski definition) is 4. The van der Waals surface area contributed by atoms with Crippen molar-refractivity contribution in [3.8, 4) is 51.0 Å². The number of benzene rings is 7. The lowest BCUT2D eigenvalue weighted by atomic mass is 10.0. The van der Waals surface area contributed by atoms with E-state index in [-0.39, 0.29) is 0 Å². The number of thiophene rings is 1. The first-order chi connectivity index (χ1) is 25.3. The fraction of sp³-hybridized carbons (Fsp3) is 0.0217. The maximum atomic E-state index is 5.08. The first kappa shape index (κ1) is 28.4. The van der Waals surface area contributed by atoms with Crippen LogP contribution in [0.3, 0.4) is 0 Å². The van der Waals surface area contributed by atoms with E-state index in [1.54, 1.807) is 0 Å². The second-order valence-corrected chi connectivity index (χ2v) is 14.2. The zero-order valence-corrected chi connectivity index (χ0v) is 28.2. The lowest BCUT2D eigenvalue weighted by Gasteiger charge is -2.09. The van der Waals surface area contributed by atoms with Gasteiger partial charge in [-0.25, -0.2) is 15.0 Å². The Morgan fingerprint density at radius 3 is 1.76 bits per heavy atom. The Bertz CT molecular complexity index is 2920. The van der Waals surface area contributed by atoms with Crippen molar-refractivity contribution in [2.45, 2.75) is 6.42 Å². The Labute approximate surface area is 298 Å². The molecule has 0 saturated carbocycles. The van der Waals surface area contributed by atoms with Gasteiger partial charge in [-0.3, -0.25) is 0 Å². The number of nitrogens with zero attached hydrogens (tertiary/aromatic N) is 4. The van der Waals surface area contributed by atoms with Crippen LogP contribution in [0.2, 0.25) is 0 Å². The van der Waals surface area contributed by atoms with Crippen molar-refractivity contribution < 1.29 is 0 Å². The van der Waals surface area contributed by atoms with E-state index in [9.17, 15) is 0 Å². The summed E-state index contributed by atoms with van der Waals surface area (Å²) in [6, 6.07) is 55.9. The van der Waals surface area contributed by atoms with Gasteiger partial charge in [0, 0.05) is 58.9 Å². The van der Waals surface area contributed by atoms with Crippen LogP contribution in [0.4, 0.5) is 0 Å². The van der Waals surface area contributed by atoms with Gasteiger partial charge in [0.05, 0.1) is 11.0 Å². The van der Waals surface area contributed by atoms with Crippen LogP contribution in [0.5, 0.6) is 0 Å². The average Bonchev–Trinajstić information content (AvgIpc) is 3.88. The molecular weight excluding hydrogens is 641 g/mol. The molecule has 0 radical (unpaired) electrons. The molecule has 0 N–H and O–H groups in total. The number of fused-ring (bicyclic) bond motifs is 11. The van der Waals surface area contributed by atoms with E-state index in [0.717, 1.165) is 34.3 Å². The highest BCUT2D eigenvalue weighted by Gasteiger charge is 2.25. The van der Waals surface area contributed by atoms with Crippen LogP contribution in [0.15, 0.2) is 158 Å². The SMILES string of the molecule is c1ccc(-c2nc(-c3ccccc3)nc(-c3ccc4c(c3)c3c5sc6c7c(ccc6c5ccc3n4-c3ccccc3)Cc3ccccc3-7)n2)cc1. The number of hydrogen-bond donors (Lipinski definition) is 0. The van der Waals surface area contributed by atoms with Crippen molar-refractivity contribution in [3.63, 3.8) is 0 Å². The van der Waals surface area contributed by atoms with Crippen molar-refractivity contribution in [1.82, 2.24) is 19.5 Å². The third-order valence-corrected chi connectivity index (χ3v) is 11.5. The van der Waals surface area contributed by atoms with Crippen LogP contribution >= 0.6 is 11.3 Å². The maximum Gasteiger partial charge on any atom is 0.164 e. The Kier molecular flexibility index (Phi) is 6.15. The van der Waals surface area contributed by atoms with Gasteiger partial charge in [0.25, 0.3) is 0 Å². The molecule has 5 heteroatoms. The zero-order chi connectivity index (χ0) is 33.5. The van der Waals surface area contributed by atoms with E-state index < -0.39 is 0 Å². The smallest absolute Gasteiger partial charge is 0.164 e. The third-order valence-electron chi connectivity index (χ3n) is 10.3. The summed E-state index contributed by atoms with van der Waals surface area (Å²) in [7, 11) is 0. The van der Waals surface area contributed by atoms with Gasteiger partial charge in [0.2, 0.25) is 0 Å². The van der Waals surface area contributed by atoms with Gasteiger partial charge in [-0.2, -0.15) is 0 Å². The molecule has 0 bridgehead atoms. The van der Waals surface area contributed by atoms with Gasteiger partial charge < -0.3 is 4.57 Å². The largest absolute Gasteiger partial charge is 0.309 e. The summed E-state index contributed by atoms with van der Waals surface area (Å²) in [5.41, 5.74) is 12.0. The molecule has 0 atom stereocenters. The summed E-state index contributed by atoms with van der Waals surface area (Å²) in [4.78, 5) is 15.1. The van der Waals surface area contributed by atoms with Crippen LogP contribution in [0, 0.1) is 0 Å². The molecule has 0 amide bonds. The minimum Gasteiger partial charge on any atom is -0.309 e. The molecule has 0 unspecified atom stereocenters. The van der Waals surface area contributed by atoms with E-state index in [2.05, 4.69) is 126 Å². The van der Waals surface area contributed by atoms with Gasteiger partial charge >= 0.3 is 0 Å². The number of para-hydroxylation sites is 1. The highest BCUT2D eigenvalue weighted by atomic mass is 32.1. The van der Waals surface area contributed by atoms with Gasteiger partial charge in [-0.05, 0) is 59.5 Å². The molecule has 238 valence electrons. The molecule has 1 aliphatic carbocycles. The molecule has 7 aromatic carbocycles. The van der Waals surface area contributed by atoms with Crippen LogP contribution < -0.4 is 0 Å². The lowest BCUT2D eigenvalue weighted by molar-refractivity contribution is 1.07. The van der Waals surface area contributed by atoms with Gasteiger partial charge in [0.1, 0.15) is 0 Å². The van der Waals surface area contributed by atoms with Gasteiger partial charge in [-0.1, -0.05) is 121 Å². The average molecular weight is 669 g/mol. The van der Waals surface area contributed by atoms with Crippen LogP contribution in [0.25, 0.3) is 93.0 Å². The molecule has 0 spiro atoms. The highest BCUT2D eigenvalue weighted by molar-refractivity contribution is 7.27. The second-order valence-electron chi connectivity index (χ2n) is 13.2. The van der Waals surface area contributed by atoms with E-state index in [1.807, 2.05) is 47.7 Å². The second kappa shape index (κ2) is 11.0. The summed E-state index contributed by atoms with van der Waals surface area (Å²) in [5.74, 6) is 1.97. The first-order valence-corrected chi connectivity index (χ1v) is 18.1. The molecule has 51 heavy (non-hydrogen) atoms. The molecule has 0 fully saturated rings. The highest BCUT2D eigenvalue weighted by Crippen LogP contribution is 2.49. The normalized spacial score (nSPS) is 12.2. The summed E-state index contributed by atoms with van der Waals surface area (Å²) >= 11 is 1.93. The molecule has 0 aliphatic heterocycles. The molecule has 11 rings (SSSR count). The predicted octanol–water partition coefficient (Wildman–Crippen LogP) is 11.9. The Morgan fingerprint density at radius 2 is 1.04 bits per heavy atom. The van der Waals surface area contributed by atoms with E-state index in [1.165, 1.54) is 58.7 Å². The Morgan fingerprint density at radius 1 is 0.451 bits per heavy atom. The molecule has 4 nitrogen and oxygen atoms in total. The minimum absolute atomic E-state index is 0.656. The first-order valence-electron chi connectivity index (χ1n) is 17.2. The summed E-state index contributed by atoms with van der Waals surface area (Å²) < 4.78 is 5.08. The minimum atomic E-state index is 0.656. The van der Waals surface area contributed by atoms with Crippen molar-refractivity contribution in [1.29, 1.82) is 0 Å². The van der Waals surface area contributed by atoms with E-state index in [0.29, 0.717) is 17.5 Å². The van der Waals surface area contributed by atoms with Gasteiger partial charge in [0.15, 0.2) is 17.5 Å². The van der Waals surface area contributed by atoms with E-state index in [4.69, 9.17) is 15.0 Å². The molecule has 3 aromatic heterocycles. The fourth-order valence-corrected chi connectivity index (χ4v) is 9.38. The van der Waals surface area contributed by atoms with Crippen molar-refractivity contribution in [2.24, 2.45) is 0 Å². The van der Waals surface area contributed by atoms with Crippen LogP contribution in [0.1, 0.15) is 11.1 Å². The monoisotopic (exact) mass is 668 g/mol. The molecule has 3 heterocycles. The van der Waals surface area contributed by atoms with Crippen molar-refractivity contribution >= 4 is 53.3 Å². The topological polar surface area (TPSA) is 43.6 Å². The molecular formula is C46H28N4S.